The second-order valence-electron chi connectivity index (χ2n) is 3.53. The lowest BCUT2D eigenvalue weighted by Crippen LogP contribution is -2.26. The first kappa shape index (κ1) is 11.1. The first-order chi connectivity index (χ1) is 8.25. The summed E-state index contributed by atoms with van der Waals surface area (Å²) in [6.45, 7) is 0.525. The topological polar surface area (TPSA) is 96.7 Å². The number of anilines is 1. The van der Waals surface area contributed by atoms with E-state index < -0.39 is 0 Å². The molecule has 6 heteroatoms. The molecular weight excluding hydrogens is 218 g/mol. The van der Waals surface area contributed by atoms with E-state index in [0.29, 0.717) is 24.5 Å². The van der Waals surface area contributed by atoms with E-state index in [1.54, 1.807) is 30.7 Å². The quantitative estimate of drug-likeness (QED) is 0.707. The van der Waals surface area contributed by atoms with Gasteiger partial charge in [0.2, 0.25) is 0 Å². The van der Waals surface area contributed by atoms with Gasteiger partial charge in [-0.25, -0.2) is 9.97 Å². The summed E-state index contributed by atoms with van der Waals surface area (Å²) in [6.07, 6.45) is 4.04. The summed E-state index contributed by atoms with van der Waals surface area (Å²) in [7, 11) is 0. The number of aromatic nitrogens is 3. The number of nitrogens with two attached hydrogens (primary N) is 1. The Morgan fingerprint density at radius 2 is 2.35 bits per heavy atom. The van der Waals surface area contributed by atoms with E-state index in [-0.39, 0.29) is 5.91 Å². The van der Waals surface area contributed by atoms with Gasteiger partial charge in [-0.1, -0.05) is 6.07 Å². The summed E-state index contributed by atoms with van der Waals surface area (Å²) in [5.74, 6) is 0.114. The molecule has 0 spiro atoms. The zero-order valence-electron chi connectivity index (χ0n) is 9.18. The molecule has 17 heavy (non-hydrogen) atoms. The van der Waals surface area contributed by atoms with E-state index in [4.69, 9.17) is 5.73 Å². The number of nitrogens with zero attached hydrogens (tertiary/aromatic N) is 2. The largest absolute Gasteiger partial charge is 0.384 e. The van der Waals surface area contributed by atoms with E-state index >= 15 is 0 Å². The van der Waals surface area contributed by atoms with Crippen LogP contribution in [0.25, 0.3) is 0 Å². The van der Waals surface area contributed by atoms with Crippen molar-refractivity contribution < 1.29 is 4.79 Å². The van der Waals surface area contributed by atoms with Crippen LogP contribution >= 0.6 is 0 Å². The first-order valence-electron chi connectivity index (χ1n) is 5.23. The van der Waals surface area contributed by atoms with Crippen molar-refractivity contribution in [2.24, 2.45) is 0 Å². The molecule has 0 fully saturated rings. The predicted molar refractivity (Wildman–Crippen MR) is 63.3 cm³/mol. The molecule has 6 nitrogen and oxygen atoms in total. The van der Waals surface area contributed by atoms with Crippen molar-refractivity contribution in [2.45, 2.75) is 6.42 Å². The SMILES string of the molecule is Nc1cccc(C(=O)NCCc2cnc[nH]2)n1. The molecule has 0 bridgehead atoms. The van der Waals surface area contributed by atoms with Gasteiger partial charge in [-0.15, -0.1) is 0 Å². The van der Waals surface area contributed by atoms with Gasteiger partial charge in [0.05, 0.1) is 6.33 Å². The maximum atomic E-state index is 11.7. The number of nitrogen functional groups attached to an aromatic ring is 1. The van der Waals surface area contributed by atoms with Crippen molar-refractivity contribution in [1.29, 1.82) is 0 Å². The Hall–Kier alpha value is -2.37. The van der Waals surface area contributed by atoms with Gasteiger partial charge in [-0.05, 0) is 12.1 Å². The maximum absolute atomic E-state index is 11.7. The number of amides is 1. The molecular formula is C11H13N5O. The van der Waals surface area contributed by atoms with E-state index in [2.05, 4.69) is 20.3 Å². The molecule has 4 N–H and O–H groups in total. The molecule has 0 aromatic carbocycles. The monoisotopic (exact) mass is 231 g/mol. The molecule has 0 unspecified atom stereocenters. The zero-order valence-corrected chi connectivity index (χ0v) is 9.18. The summed E-state index contributed by atoms with van der Waals surface area (Å²) >= 11 is 0. The van der Waals surface area contributed by atoms with Crippen LogP contribution in [-0.4, -0.2) is 27.4 Å². The number of imidazole rings is 1. The molecule has 0 aliphatic carbocycles. The van der Waals surface area contributed by atoms with Crippen LogP contribution < -0.4 is 11.1 Å². The molecule has 1 amide bonds. The number of pyridine rings is 1. The van der Waals surface area contributed by atoms with E-state index in [1.165, 1.54) is 0 Å². The molecule has 0 saturated carbocycles. The fourth-order valence-corrected chi connectivity index (χ4v) is 1.40. The molecule has 2 aromatic rings. The third kappa shape index (κ3) is 3.04. The fourth-order valence-electron chi connectivity index (χ4n) is 1.40. The third-order valence-corrected chi connectivity index (χ3v) is 2.24. The smallest absolute Gasteiger partial charge is 0.269 e. The van der Waals surface area contributed by atoms with Crippen molar-refractivity contribution in [3.8, 4) is 0 Å². The summed E-state index contributed by atoms with van der Waals surface area (Å²) in [6, 6.07) is 4.97. The maximum Gasteiger partial charge on any atom is 0.269 e. The Bertz CT molecular complexity index is 494. The second-order valence-corrected chi connectivity index (χ2v) is 3.53. The van der Waals surface area contributed by atoms with Crippen molar-refractivity contribution in [3.63, 3.8) is 0 Å². The lowest BCUT2D eigenvalue weighted by molar-refractivity contribution is 0.0949. The van der Waals surface area contributed by atoms with Crippen LogP contribution in [0.1, 0.15) is 16.2 Å². The van der Waals surface area contributed by atoms with E-state index in [9.17, 15) is 4.79 Å². The highest BCUT2D eigenvalue weighted by atomic mass is 16.1. The third-order valence-electron chi connectivity index (χ3n) is 2.24. The van der Waals surface area contributed by atoms with Gasteiger partial charge in [0, 0.05) is 24.9 Å². The molecule has 88 valence electrons. The summed E-state index contributed by atoms with van der Waals surface area (Å²) in [4.78, 5) is 22.5. The molecule has 0 aliphatic heterocycles. The van der Waals surface area contributed by atoms with Gasteiger partial charge >= 0.3 is 0 Å². The van der Waals surface area contributed by atoms with Crippen LogP contribution in [0.4, 0.5) is 5.82 Å². The summed E-state index contributed by atoms with van der Waals surface area (Å²) < 4.78 is 0. The number of hydrogen-bond donors (Lipinski definition) is 3. The number of H-pyrrole nitrogens is 1. The van der Waals surface area contributed by atoms with Crippen LogP contribution in [0.2, 0.25) is 0 Å². The summed E-state index contributed by atoms with van der Waals surface area (Å²) in [5, 5.41) is 2.76. The second kappa shape index (κ2) is 5.11. The Labute approximate surface area is 98.3 Å². The van der Waals surface area contributed by atoms with Crippen LogP contribution in [0, 0.1) is 0 Å². The Morgan fingerprint density at radius 1 is 1.47 bits per heavy atom. The zero-order chi connectivity index (χ0) is 12.1. The number of rotatable bonds is 4. The Kier molecular flexibility index (Phi) is 3.34. The molecule has 0 radical (unpaired) electrons. The molecule has 2 rings (SSSR count). The van der Waals surface area contributed by atoms with Gasteiger partial charge in [-0.2, -0.15) is 0 Å². The van der Waals surface area contributed by atoms with Gasteiger partial charge < -0.3 is 16.0 Å². The van der Waals surface area contributed by atoms with Gasteiger partial charge in [0.25, 0.3) is 5.91 Å². The minimum Gasteiger partial charge on any atom is -0.384 e. The van der Waals surface area contributed by atoms with Crippen LogP contribution in [0.15, 0.2) is 30.7 Å². The summed E-state index contributed by atoms with van der Waals surface area (Å²) in [5.41, 5.74) is 6.80. The normalized spacial score (nSPS) is 10.1. The predicted octanol–water partition coefficient (Wildman–Crippen LogP) is 0.359. The van der Waals surface area contributed by atoms with Crippen LogP contribution in [0.5, 0.6) is 0 Å². The molecule has 0 aliphatic rings. The number of carbonyl (C=O) groups excluding carboxylic acids is 1. The number of aromatic amines is 1. The van der Waals surface area contributed by atoms with E-state index in [0.717, 1.165) is 5.69 Å². The van der Waals surface area contributed by atoms with Crippen molar-refractivity contribution in [2.75, 3.05) is 12.3 Å². The van der Waals surface area contributed by atoms with Crippen molar-refractivity contribution in [3.05, 3.63) is 42.1 Å². The average molecular weight is 231 g/mol. The lowest BCUT2D eigenvalue weighted by Gasteiger charge is -2.03. The number of nitrogens with one attached hydrogen (secondary N) is 2. The van der Waals surface area contributed by atoms with Gasteiger partial charge in [-0.3, -0.25) is 4.79 Å². The highest BCUT2D eigenvalue weighted by Gasteiger charge is 2.06. The molecule has 2 heterocycles. The Balaban J connectivity index is 1.85. The fraction of sp³-hybridized carbons (Fsp3) is 0.182. The van der Waals surface area contributed by atoms with Crippen molar-refractivity contribution in [1.82, 2.24) is 20.3 Å². The molecule has 2 aromatic heterocycles. The van der Waals surface area contributed by atoms with Crippen LogP contribution in [-0.2, 0) is 6.42 Å². The molecule has 0 saturated heterocycles. The molecule has 0 atom stereocenters. The number of carbonyl (C=O) groups is 1. The van der Waals surface area contributed by atoms with Gasteiger partial charge in [0.1, 0.15) is 11.5 Å². The highest BCUT2D eigenvalue weighted by molar-refractivity contribution is 5.92. The minimum absolute atomic E-state index is 0.225. The Morgan fingerprint density at radius 3 is 3.06 bits per heavy atom. The average Bonchev–Trinajstić information content (AvgIpc) is 2.82. The van der Waals surface area contributed by atoms with Gasteiger partial charge in [0.15, 0.2) is 0 Å². The van der Waals surface area contributed by atoms with Crippen LogP contribution in [0.3, 0.4) is 0 Å². The van der Waals surface area contributed by atoms with E-state index in [1.807, 2.05) is 0 Å². The van der Waals surface area contributed by atoms with Crippen molar-refractivity contribution >= 4 is 11.7 Å². The highest BCUT2D eigenvalue weighted by Crippen LogP contribution is 2.00. The lowest BCUT2D eigenvalue weighted by atomic mass is 10.3. The number of hydrogen-bond acceptors (Lipinski definition) is 4. The first-order valence-corrected chi connectivity index (χ1v) is 5.23. The minimum atomic E-state index is -0.225. The standard InChI is InChI=1S/C11H13N5O/c12-10-3-1-2-9(16-10)11(17)14-5-4-8-6-13-7-15-8/h1-3,6-7H,4-5H2,(H2,12,16)(H,13,15)(H,14,17).